The number of allylic oxidation sites excluding steroid dienone is 2. The first-order valence-corrected chi connectivity index (χ1v) is 9.64. The van der Waals surface area contributed by atoms with Crippen molar-refractivity contribution in [2.45, 2.75) is 40.2 Å². The van der Waals surface area contributed by atoms with E-state index in [1.54, 1.807) is 4.57 Å². The molecule has 1 aromatic heterocycles. The van der Waals surface area contributed by atoms with Crippen molar-refractivity contribution in [3.8, 4) is 5.75 Å². The van der Waals surface area contributed by atoms with Gasteiger partial charge >= 0.3 is 5.69 Å². The fourth-order valence-corrected chi connectivity index (χ4v) is 3.47. The average molecular weight is 377 g/mol. The molecular weight excluding hydrogens is 348 g/mol. The van der Waals surface area contributed by atoms with Gasteiger partial charge in [0.05, 0.1) is 17.6 Å². The zero-order valence-corrected chi connectivity index (χ0v) is 17.0. The van der Waals surface area contributed by atoms with Gasteiger partial charge in [-0.25, -0.2) is 4.79 Å². The lowest BCUT2D eigenvalue weighted by Gasteiger charge is -2.11. The van der Waals surface area contributed by atoms with E-state index in [1.807, 2.05) is 41.8 Å². The molecule has 0 radical (unpaired) electrons. The van der Waals surface area contributed by atoms with E-state index in [-0.39, 0.29) is 5.69 Å². The second-order valence-corrected chi connectivity index (χ2v) is 7.23. The lowest BCUT2D eigenvalue weighted by Crippen LogP contribution is -2.24. The Morgan fingerprint density at radius 2 is 1.82 bits per heavy atom. The largest absolute Gasteiger partial charge is 0.493 e. The number of rotatable bonds is 8. The molecule has 0 bridgehead atoms. The zero-order chi connectivity index (χ0) is 20.3. The summed E-state index contributed by atoms with van der Waals surface area (Å²) in [6.07, 6.45) is 3.39. The summed E-state index contributed by atoms with van der Waals surface area (Å²) in [5.74, 6) is 0.880. The predicted molar refractivity (Wildman–Crippen MR) is 117 cm³/mol. The van der Waals surface area contributed by atoms with Crippen molar-refractivity contribution in [1.29, 1.82) is 0 Å². The Kier molecular flexibility index (Phi) is 5.88. The lowest BCUT2D eigenvalue weighted by molar-refractivity contribution is 0.299. The highest BCUT2D eigenvalue weighted by Crippen LogP contribution is 2.22. The third-order valence-corrected chi connectivity index (χ3v) is 5.05. The van der Waals surface area contributed by atoms with Gasteiger partial charge in [-0.15, -0.1) is 6.58 Å². The number of imidazole rings is 1. The molecule has 1 heterocycles. The van der Waals surface area contributed by atoms with Crippen LogP contribution >= 0.6 is 0 Å². The van der Waals surface area contributed by atoms with Crippen LogP contribution < -0.4 is 10.4 Å². The van der Waals surface area contributed by atoms with Gasteiger partial charge in [-0.3, -0.25) is 9.13 Å². The number of para-hydroxylation sites is 1. The number of fused-ring (bicyclic) bond motifs is 1. The van der Waals surface area contributed by atoms with Gasteiger partial charge in [0, 0.05) is 12.2 Å². The lowest BCUT2D eigenvalue weighted by atomic mass is 10.1. The molecule has 146 valence electrons. The number of benzene rings is 2. The van der Waals surface area contributed by atoms with Gasteiger partial charge in [-0.2, -0.15) is 0 Å². The number of aryl methyl sites for hydroxylation is 3. The maximum absolute atomic E-state index is 13.0. The molecule has 0 saturated heterocycles. The summed E-state index contributed by atoms with van der Waals surface area (Å²) >= 11 is 0. The Balaban J connectivity index is 1.81. The Morgan fingerprint density at radius 1 is 1.14 bits per heavy atom. The van der Waals surface area contributed by atoms with Gasteiger partial charge in [0.1, 0.15) is 5.75 Å². The van der Waals surface area contributed by atoms with Crippen LogP contribution in [0.15, 0.2) is 60.4 Å². The first-order chi connectivity index (χ1) is 13.4. The summed E-state index contributed by atoms with van der Waals surface area (Å²) in [5.41, 5.74) is 6.02. The number of hydrogen-bond donors (Lipinski definition) is 0. The van der Waals surface area contributed by atoms with Gasteiger partial charge in [0.25, 0.3) is 0 Å². The minimum Gasteiger partial charge on any atom is -0.493 e. The third-order valence-electron chi connectivity index (χ3n) is 5.05. The summed E-state index contributed by atoms with van der Waals surface area (Å²) in [5, 5.41) is 0. The Bertz CT molecular complexity index is 1090. The normalized spacial score (nSPS) is 11.0. The van der Waals surface area contributed by atoms with Gasteiger partial charge in [-0.1, -0.05) is 30.9 Å². The molecular formula is C24H28N2O2. The van der Waals surface area contributed by atoms with E-state index >= 15 is 0 Å². The maximum atomic E-state index is 13.0. The molecule has 0 saturated carbocycles. The minimum atomic E-state index is -0.0421. The zero-order valence-electron chi connectivity index (χ0n) is 17.0. The molecule has 0 atom stereocenters. The van der Waals surface area contributed by atoms with E-state index < -0.39 is 0 Å². The number of ether oxygens (including phenoxy) is 1. The minimum absolute atomic E-state index is 0.0421. The molecule has 0 aliphatic rings. The summed E-state index contributed by atoms with van der Waals surface area (Å²) in [6.45, 7) is 14.9. The molecule has 28 heavy (non-hydrogen) atoms. The van der Waals surface area contributed by atoms with E-state index in [2.05, 4.69) is 39.1 Å². The quantitative estimate of drug-likeness (QED) is 0.405. The first-order valence-electron chi connectivity index (χ1n) is 9.64. The van der Waals surface area contributed by atoms with Crippen molar-refractivity contribution in [2.75, 3.05) is 6.61 Å². The molecule has 0 fully saturated rings. The van der Waals surface area contributed by atoms with E-state index in [1.165, 1.54) is 11.1 Å². The molecule has 0 aliphatic carbocycles. The standard InChI is InChI=1S/C24H28N2O2/c1-6-10-20-11-7-8-12-23(20)28-14-9-13-25-21-15-18(4)19(5)16-22(21)26(17(2)3)24(25)27/h6-8,11-12,15-16H,1-2,9-10,13-14H2,3-5H3. The SMILES string of the molecule is C=CCc1ccccc1OCCCn1c(=O)n(C(=C)C)c2cc(C)c(C)cc21. The van der Waals surface area contributed by atoms with Crippen molar-refractivity contribution < 1.29 is 4.74 Å². The monoisotopic (exact) mass is 376 g/mol. The highest BCUT2D eigenvalue weighted by molar-refractivity contribution is 5.81. The van der Waals surface area contributed by atoms with E-state index in [9.17, 15) is 4.79 Å². The fourth-order valence-electron chi connectivity index (χ4n) is 3.47. The number of aromatic nitrogens is 2. The molecule has 0 N–H and O–H groups in total. The molecule has 0 unspecified atom stereocenters. The summed E-state index contributed by atoms with van der Waals surface area (Å²) < 4.78 is 9.50. The van der Waals surface area contributed by atoms with E-state index in [4.69, 9.17) is 4.74 Å². The Morgan fingerprint density at radius 3 is 2.50 bits per heavy atom. The molecule has 3 aromatic rings. The molecule has 0 spiro atoms. The van der Waals surface area contributed by atoms with Crippen LogP contribution in [-0.4, -0.2) is 15.7 Å². The van der Waals surface area contributed by atoms with Crippen molar-refractivity contribution in [3.05, 3.63) is 82.8 Å². The maximum Gasteiger partial charge on any atom is 0.333 e. The van der Waals surface area contributed by atoms with Crippen LogP contribution in [0.25, 0.3) is 16.7 Å². The van der Waals surface area contributed by atoms with Crippen molar-refractivity contribution in [2.24, 2.45) is 0 Å². The molecule has 0 aliphatic heterocycles. The van der Waals surface area contributed by atoms with Gasteiger partial charge < -0.3 is 4.74 Å². The van der Waals surface area contributed by atoms with Gasteiger partial charge in [0.2, 0.25) is 0 Å². The predicted octanol–water partition coefficient (Wildman–Crippen LogP) is 5.11. The highest BCUT2D eigenvalue weighted by Gasteiger charge is 2.15. The summed E-state index contributed by atoms with van der Waals surface area (Å²) in [6, 6.07) is 12.2. The van der Waals surface area contributed by atoms with Gasteiger partial charge in [0.15, 0.2) is 0 Å². The van der Waals surface area contributed by atoms with Crippen LogP contribution in [0, 0.1) is 13.8 Å². The van der Waals surface area contributed by atoms with E-state index in [0.717, 1.165) is 40.9 Å². The Hall–Kier alpha value is -3.01. The summed E-state index contributed by atoms with van der Waals surface area (Å²) in [7, 11) is 0. The third kappa shape index (κ3) is 3.81. The molecule has 0 amide bonds. The number of nitrogens with zero attached hydrogens (tertiary/aromatic N) is 2. The smallest absolute Gasteiger partial charge is 0.333 e. The average Bonchev–Trinajstić information content (AvgIpc) is 2.91. The summed E-state index contributed by atoms with van der Waals surface area (Å²) in [4.78, 5) is 13.0. The molecule has 3 rings (SSSR count). The fraction of sp³-hybridized carbons (Fsp3) is 0.292. The number of hydrogen-bond acceptors (Lipinski definition) is 2. The first kappa shape index (κ1) is 19.7. The van der Waals surface area contributed by atoms with Crippen molar-refractivity contribution in [1.82, 2.24) is 9.13 Å². The van der Waals surface area contributed by atoms with Crippen molar-refractivity contribution >= 4 is 16.7 Å². The second-order valence-electron chi connectivity index (χ2n) is 7.23. The molecule has 4 nitrogen and oxygen atoms in total. The van der Waals surface area contributed by atoms with Crippen LogP contribution in [0.5, 0.6) is 5.75 Å². The van der Waals surface area contributed by atoms with Crippen LogP contribution in [-0.2, 0) is 13.0 Å². The van der Waals surface area contributed by atoms with E-state index in [0.29, 0.717) is 13.2 Å². The highest BCUT2D eigenvalue weighted by atomic mass is 16.5. The van der Waals surface area contributed by atoms with Crippen LogP contribution in [0.4, 0.5) is 0 Å². The molecule has 2 aromatic carbocycles. The van der Waals surface area contributed by atoms with Gasteiger partial charge in [-0.05, 0) is 68.5 Å². The van der Waals surface area contributed by atoms with Crippen molar-refractivity contribution in [3.63, 3.8) is 0 Å². The Labute approximate surface area is 166 Å². The molecule has 4 heteroatoms. The topological polar surface area (TPSA) is 36.2 Å². The van der Waals surface area contributed by atoms with Crippen LogP contribution in [0.1, 0.15) is 30.0 Å². The van der Waals surface area contributed by atoms with Crippen LogP contribution in [0.2, 0.25) is 0 Å². The van der Waals surface area contributed by atoms with Crippen LogP contribution in [0.3, 0.4) is 0 Å². The second kappa shape index (κ2) is 8.34.